The quantitative estimate of drug-likeness (QED) is 0.838. The van der Waals surface area contributed by atoms with E-state index < -0.39 is 10.8 Å². The number of hydrogen-bond acceptors (Lipinski definition) is 3. The molecule has 0 aliphatic rings. The molecule has 0 aliphatic heterocycles. The number of nitrogens with zero attached hydrogens (tertiary/aromatic N) is 1. The highest BCUT2D eigenvalue weighted by Crippen LogP contribution is 2.11. The van der Waals surface area contributed by atoms with Crippen LogP contribution in [0.25, 0.3) is 0 Å². The van der Waals surface area contributed by atoms with Crippen molar-refractivity contribution in [1.82, 2.24) is 4.90 Å². The predicted octanol–water partition coefficient (Wildman–Crippen LogP) is 2.39. The average molecular weight is 345 g/mol. The molecule has 2 aromatic carbocycles. The van der Waals surface area contributed by atoms with Gasteiger partial charge in [0.25, 0.3) is 0 Å². The van der Waals surface area contributed by atoms with Crippen LogP contribution in [0, 0.1) is 6.92 Å². The van der Waals surface area contributed by atoms with E-state index in [2.05, 4.69) is 0 Å². The first-order valence-corrected chi connectivity index (χ1v) is 9.30. The molecule has 24 heavy (non-hydrogen) atoms. The fourth-order valence-corrected chi connectivity index (χ4v) is 3.52. The molecule has 0 saturated carbocycles. The molecule has 0 radical (unpaired) electrons. The molecule has 5 heteroatoms. The van der Waals surface area contributed by atoms with Gasteiger partial charge in [-0.05, 0) is 29.2 Å². The van der Waals surface area contributed by atoms with E-state index >= 15 is 0 Å². The molecule has 4 nitrogen and oxygen atoms in total. The van der Waals surface area contributed by atoms with E-state index in [0.29, 0.717) is 12.3 Å². The molecule has 1 amide bonds. The predicted molar refractivity (Wildman–Crippen MR) is 96.7 cm³/mol. The topological polar surface area (TPSA) is 57.6 Å². The lowest BCUT2D eigenvalue weighted by Crippen LogP contribution is -2.31. The van der Waals surface area contributed by atoms with Crippen molar-refractivity contribution >= 4 is 16.7 Å². The lowest BCUT2D eigenvalue weighted by atomic mass is 10.1. The Labute approximate surface area is 145 Å². The Morgan fingerprint density at radius 1 is 1.08 bits per heavy atom. The third-order valence-corrected chi connectivity index (χ3v) is 5.14. The van der Waals surface area contributed by atoms with Gasteiger partial charge in [-0.15, -0.1) is 0 Å². The summed E-state index contributed by atoms with van der Waals surface area (Å²) in [6.07, 6.45) is 0. The smallest absolute Gasteiger partial charge is 0.235 e. The summed E-state index contributed by atoms with van der Waals surface area (Å²) >= 11 is 0. The Bertz CT molecular complexity index is 713. The minimum atomic E-state index is -1.25. The lowest BCUT2D eigenvalue weighted by molar-refractivity contribution is -0.127. The standard InChI is InChI=1S/C19H23NO3S/c1-15-5-3-4-6-18(15)11-20(2)19(22)14-24(23)13-17-9-7-16(12-21)8-10-17/h3-10,21H,11-14H2,1-2H3. The van der Waals surface area contributed by atoms with Gasteiger partial charge in [0.2, 0.25) is 5.91 Å². The molecule has 2 rings (SSSR count). The molecule has 2 aromatic rings. The maximum Gasteiger partial charge on any atom is 0.235 e. The number of amides is 1. The number of rotatable bonds is 7. The van der Waals surface area contributed by atoms with Gasteiger partial charge in [-0.1, -0.05) is 48.5 Å². The van der Waals surface area contributed by atoms with Crippen LogP contribution in [-0.2, 0) is 34.5 Å². The van der Waals surface area contributed by atoms with Gasteiger partial charge in [-0.25, -0.2) is 0 Å². The molecule has 0 spiro atoms. The average Bonchev–Trinajstić information content (AvgIpc) is 2.57. The van der Waals surface area contributed by atoms with Crippen LogP contribution in [0.4, 0.5) is 0 Å². The first-order valence-electron chi connectivity index (χ1n) is 7.81. The molecule has 1 unspecified atom stereocenters. The van der Waals surface area contributed by atoms with Gasteiger partial charge in [0.05, 0.1) is 6.61 Å². The van der Waals surface area contributed by atoms with Crippen molar-refractivity contribution in [3.05, 3.63) is 70.8 Å². The van der Waals surface area contributed by atoms with E-state index in [9.17, 15) is 9.00 Å². The molecule has 1 N–H and O–H groups in total. The highest BCUT2D eigenvalue weighted by molar-refractivity contribution is 7.84. The fourth-order valence-electron chi connectivity index (χ4n) is 2.36. The second-order valence-electron chi connectivity index (χ2n) is 5.88. The molecule has 0 bridgehead atoms. The van der Waals surface area contributed by atoms with Gasteiger partial charge < -0.3 is 10.0 Å². The SMILES string of the molecule is Cc1ccccc1CN(C)C(=O)CS(=O)Cc1ccc(CO)cc1. The molecule has 0 heterocycles. The van der Waals surface area contributed by atoms with Crippen molar-refractivity contribution in [3.8, 4) is 0 Å². The Balaban J connectivity index is 1.88. The minimum Gasteiger partial charge on any atom is -0.392 e. The van der Waals surface area contributed by atoms with Gasteiger partial charge in [0.1, 0.15) is 5.75 Å². The molecule has 128 valence electrons. The van der Waals surface area contributed by atoms with Gasteiger partial charge in [0, 0.05) is 30.1 Å². The fraction of sp³-hybridized carbons (Fsp3) is 0.316. The van der Waals surface area contributed by atoms with E-state index in [1.807, 2.05) is 43.3 Å². The Kier molecular flexibility index (Phi) is 6.70. The van der Waals surface area contributed by atoms with Gasteiger partial charge in [-0.3, -0.25) is 9.00 Å². The second kappa shape index (κ2) is 8.76. The summed E-state index contributed by atoms with van der Waals surface area (Å²) in [5.41, 5.74) is 3.96. The summed E-state index contributed by atoms with van der Waals surface area (Å²) in [6, 6.07) is 15.2. The summed E-state index contributed by atoms with van der Waals surface area (Å²) in [7, 11) is 0.491. The number of hydrogen-bond donors (Lipinski definition) is 1. The van der Waals surface area contributed by atoms with E-state index in [1.54, 1.807) is 24.1 Å². The maximum atomic E-state index is 12.3. The van der Waals surface area contributed by atoms with Crippen molar-refractivity contribution < 1.29 is 14.1 Å². The third-order valence-electron chi connectivity index (χ3n) is 3.91. The molecular weight excluding hydrogens is 322 g/mol. The van der Waals surface area contributed by atoms with Crippen LogP contribution in [0.3, 0.4) is 0 Å². The Hall–Kier alpha value is -1.98. The van der Waals surface area contributed by atoms with E-state index in [-0.39, 0.29) is 18.3 Å². The summed E-state index contributed by atoms with van der Waals surface area (Å²) < 4.78 is 12.2. The molecule has 0 saturated heterocycles. The van der Waals surface area contributed by atoms with E-state index in [1.165, 1.54) is 0 Å². The number of aliphatic hydroxyl groups is 1. The largest absolute Gasteiger partial charge is 0.392 e. The van der Waals surface area contributed by atoms with Gasteiger partial charge >= 0.3 is 0 Å². The number of carbonyl (C=O) groups excluding carboxylic acids is 1. The number of carbonyl (C=O) groups is 1. The van der Waals surface area contributed by atoms with Crippen molar-refractivity contribution in [2.45, 2.75) is 25.8 Å². The molecule has 0 aliphatic carbocycles. The number of aryl methyl sites for hydroxylation is 1. The highest BCUT2D eigenvalue weighted by atomic mass is 32.2. The van der Waals surface area contributed by atoms with Crippen LogP contribution < -0.4 is 0 Å². The van der Waals surface area contributed by atoms with Crippen molar-refractivity contribution in [1.29, 1.82) is 0 Å². The van der Waals surface area contributed by atoms with Crippen LogP contribution in [0.1, 0.15) is 22.3 Å². The number of benzene rings is 2. The number of aliphatic hydroxyl groups excluding tert-OH is 1. The Morgan fingerprint density at radius 2 is 1.71 bits per heavy atom. The minimum absolute atomic E-state index is 0.00838. The van der Waals surface area contributed by atoms with Crippen LogP contribution in [0.2, 0.25) is 0 Å². The molecular formula is C19H23NO3S. The zero-order valence-corrected chi connectivity index (χ0v) is 14.9. The summed E-state index contributed by atoms with van der Waals surface area (Å²) in [6.45, 7) is 2.53. The van der Waals surface area contributed by atoms with Crippen molar-refractivity contribution in [2.75, 3.05) is 12.8 Å². The monoisotopic (exact) mass is 345 g/mol. The first-order chi connectivity index (χ1) is 11.5. The zero-order valence-electron chi connectivity index (χ0n) is 14.1. The normalized spacial score (nSPS) is 12.0. The Morgan fingerprint density at radius 3 is 2.33 bits per heavy atom. The van der Waals surface area contributed by atoms with Crippen LogP contribution in [0.15, 0.2) is 48.5 Å². The van der Waals surface area contributed by atoms with Gasteiger partial charge in [0.15, 0.2) is 0 Å². The first kappa shape index (κ1) is 18.4. The lowest BCUT2D eigenvalue weighted by Gasteiger charge is -2.18. The van der Waals surface area contributed by atoms with Gasteiger partial charge in [-0.2, -0.15) is 0 Å². The van der Waals surface area contributed by atoms with Crippen molar-refractivity contribution in [3.63, 3.8) is 0 Å². The third kappa shape index (κ3) is 5.28. The summed E-state index contributed by atoms with van der Waals surface area (Å²) in [5.74, 6) is 0.239. The zero-order chi connectivity index (χ0) is 17.5. The second-order valence-corrected chi connectivity index (χ2v) is 7.34. The van der Waals surface area contributed by atoms with Crippen LogP contribution in [0.5, 0.6) is 0 Å². The summed E-state index contributed by atoms with van der Waals surface area (Å²) in [4.78, 5) is 13.9. The van der Waals surface area contributed by atoms with Crippen LogP contribution in [-0.4, -0.2) is 32.9 Å². The van der Waals surface area contributed by atoms with Crippen molar-refractivity contribution in [2.24, 2.45) is 0 Å². The maximum absolute atomic E-state index is 12.3. The highest BCUT2D eigenvalue weighted by Gasteiger charge is 2.14. The molecule has 0 fully saturated rings. The molecule has 0 aromatic heterocycles. The van der Waals surface area contributed by atoms with Crippen LogP contribution >= 0.6 is 0 Å². The van der Waals surface area contributed by atoms with E-state index in [0.717, 1.165) is 22.3 Å². The molecule has 1 atom stereocenters. The summed E-state index contributed by atoms with van der Waals surface area (Å²) in [5, 5.41) is 9.02. The van der Waals surface area contributed by atoms with E-state index in [4.69, 9.17) is 5.11 Å².